The Hall–Kier alpha value is -0.920. The van der Waals surface area contributed by atoms with Gasteiger partial charge in [-0.3, -0.25) is 4.99 Å². The summed E-state index contributed by atoms with van der Waals surface area (Å²) in [5.74, 6) is 1.80. The normalized spacial score (nSPS) is 18.2. The minimum atomic E-state index is -3.37. The Morgan fingerprint density at radius 1 is 1.31 bits per heavy atom. The zero-order valence-corrected chi connectivity index (χ0v) is 20.8. The molecule has 2 rings (SSSR count). The zero-order chi connectivity index (χ0) is 20.6. The molecule has 11 heteroatoms. The summed E-state index contributed by atoms with van der Waals surface area (Å²) in [6, 6.07) is 0. The highest BCUT2D eigenvalue weighted by Crippen LogP contribution is 2.22. The standard InChI is InChI=1S/C18H33N5O4S.HI/c1-18(2,3)15-12-21-16(27-15)13-22-17(19-4)20-8-10-28(24,25)23-11-14-7-5-6-9-26-14;/h12,14,23H,5-11,13H2,1-4H3,(H2,19,20,22);1H. The molecule has 0 spiro atoms. The minimum Gasteiger partial charge on any atom is -0.443 e. The van der Waals surface area contributed by atoms with E-state index in [1.807, 2.05) is 0 Å². The second-order valence-electron chi connectivity index (χ2n) is 7.88. The number of nitrogens with zero attached hydrogens (tertiary/aromatic N) is 2. The topological polar surface area (TPSA) is 118 Å². The average Bonchev–Trinajstić information content (AvgIpc) is 3.13. The van der Waals surface area contributed by atoms with Gasteiger partial charge >= 0.3 is 0 Å². The summed E-state index contributed by atoms with van der Waals surface area (Å²) in [6.07, 6.45) is 4.73. The van der Waals surface area contributed by atoms with Crippen LogP contribution in [0, 0.1) is 0 Å². The van der Waals surface area contributed by atoms with Crippen molar-refractivity contribution in [2.75, 3.05) is 32.5 Å². The summed E-state index contributed by atoms with van der Waals surface area (Å²) < 4.78 is 38.1. The van der Waals surface area contributed by atoms with Crippen LogP contribution in [0.15, 0.2) is 15.6 Å². The van der Waals surface area contributed by atoms with Crippen LogP contribution in [0.25, 0.3) is 0 Å². The Balaban J connectivity index is 0.00000420. The molecule has 0 saturated carbocycles. The van der Waals surface area contributed by atoms with Crippen molar-refractivity contribution in [1.82, 2.24) is 20.3 Å². The van der Waals surface area contributed by atoms with Gasteiger partial charge in [0, 0.05) is 32.2 Å². The van der Waals surface area contributed by atoms with E-state index in [1.165, 1.54) is 0 Å². The van der Waals surface area contributed by atoms with Crippen LogP contribution in [0.1, 0.15) is 51.7 Å². The van der Waals surface area contributed by atoms with Crippen LogP contribution >= 0.6 is 24.0 Å². The molecule has 168 valence electrons. The average molecular weight is 543 g/mol. The molecule has 0 amide bonds. The van der Waals surface area contributed by atoms with Gasteiger partial charge in [0.2, 0.25) is 15.9 Å². The van der Waals surface area contributed by atoms with Crippen LogP contribution in [-0.2, 0) is 26.7 Å². The molecule has 1 atom stereocenters. The molecule has 1 aromatic heterocycles. The largest absolute Gasteiger partial charge is 0.443 e. The summed E-state index contributed by atoms with van der Waals surface area (Å²) in [4.78, 5) is 8.33. The Morgan fingerprint density at radius 3 is 2.66 bits per heavy atom. The molecule has 0 radical (unpaired) electrons. The number of sulfonamides is 1. The van der Waals surface area contributed by atoms with Crippen LogP contribution in [0.3, 0.4) is 0 Å². The van der Waals surface area contributed by atoms with Crippen molar-refractivity contribution < 1.29 is 17.6 Å². The van der Waals surface area contributed by atoms with Gasteiger partial charge in [-0.15, -0.1) is 24.0 Å². The third-order valence-electron chi connectivity index (χ3n) is 4.39. The summed E-state index contributed by atoms with van der Waals surface area (Å²) in [5.41, 5.74) is -0.102. The molecule has 1 fully saturated rings. The molecule has 0 aliphatic carbocycles. The molecular weight excluding hydrogens is 509 g/mol. The van der Waals surface area contributed by atoms with E-state index in [9.17, 15) is 8.42 Å². The lowest BCUT2D eigenvalue weighted by atomic mass is 9.94. The third-order valence-corrected chi connectivity index (χ3v) is 5.74. The van der Waals surface area contributed by atoms with Crippen LogP contribution in [0.5, 0.6) is 0 Å². The van der Waals surface area contributed by atoms with E-state index in [2.05, 4.69) is 46.1 Å². The Kier molecular flexibility index (Phi) is 10.9. The molecule has 1 aromatic rings. The molecule has 29 heavy (non-hydrogen) atoms. The first-order valence-electron chi connectivity index (χ1n) is 9.68. The van der Waals surface area contributed by atoms with Crippen LogP contribution in [0.4, 0.5) is 0 Å². The first-order chi connectivity index (χ1) is 13.2. The predicted molar refractivity (Wildman–Crippen MR) is 124 cm³/mol. The maximum atomic E-state index is 12.1. The van der Waals surface area contributed by atoms with Gasteiger partial charge in [0.25, 0.3) is 0 Å². The fourth-order valence-corrected chi connectivity index (χ4v) is 3.64. The SMILES string of the molecule is CN=C(NCCS(=O)(=O)NCC1CCCCO1)NCc1ncc(C(C)(C)C)o1.I. The van der Waals surface area contributed by atoms with Crippen molar-refractivity contribution in [3.05, 3.63) is 17.8 Å². The first kappa shape index (κ1) is 26.1. The number of oxazole rings is 1. The predicted octanol–water partition coefficient (Wildman–Crippen LogP) is 1.74. The smallest absolute Gasteiger partial charge is 0.213 e. The van der Waals surface area contributed by atoms with Crippen LogP contribution in [0.2, 0.25) is 0 Å². The van der Waals surface area contributed by atoms with E-state index in [1.54, 1.807) is 13.2 Å². The summed E-state index contributed by atoms with van der Waals surface area (Å²) in [7, 11) is -1.75. The van der Waals surface area contributed by atoms with Gasteiger partial charge in [0.15, 0.2) is 5.96 Å². The summed E-state index contributed by atoms with van der Waals surface area (Å²) >= 11 is 0. The van der Waals surface area contributed by atoms with E-state index >= 15 is 0 Å². The number of aromatic nitrogens is 1. The molecule has 1 aliphatic heterocycles. The van der Waals surface area contributed by atoms with Gasteiger partial charge in [0.05, 0.1) is 24.6 Å². The van der Waals surface area contributed by atoms with E-state index in [0.29, 0.717) is 31.5 Å². The molecule has 1 saturated heterocycles. The quantitative estimate of drug-likeness (QED) is 0.260. The van der Waals surface area contributed by atoms with Gasteiger partial charge in [-0.2, -0.15) is 0 Å². The molecule has 9 nitrogen and oxygen atoms in total. The molecular formula is C18H34IN5O4S. The van der Waals surface area contributed by atoms with Gasteiger partial charge in [-0.25, -0.2) is 18.1 Å². The molecule has 0 bridgehead atoms. The maximum Gasteiger partial charge on any atom is 0.213 e. The molecule has 1 aliphatic rings. The fourth-order valence-electron chi connectivity index (χ4n) is 2.68. The summed E-state index contributed by atoms with van der Waals surface area (Å²) in [6.45, 7) is 7.80. The van der Waals surface area contributed by atoms with E-state index in [-0.39, 0.29) is 47.8 Å². The number of ether oxygens (including phenoxy) is 1. The monoisotopic (exact) mass is 543 g/mol. The summed E-state index contributed by atoms with van der Waals surface area (Å²) in [5, 5.41) is 6.06. The lowest BCUT2D eigenvalue weighted by molar-refractivity contribution is 0.0200. The lowest BCUT2D eigenvalue weighted by Crippen LogP contribution is -2.42. The number of guanidine groups is 1. The number of halogens is 1. The molecule has 1 unspecified atom stereocenters. The maximum absolute atomic E-state index is 12.1. The van der Waals surface area contributed by atoms with Gasteiger partial charge in [0.1, 0.15) is 5.76 Å². The Labute approximate surface area is 190 Å². The van der Waals surface area contributed by atoms with E-state index < -0.39 is 10.0 Å². The highest BCUT2D eigenvalue weighted by molar-refractivity contribution is 14.0. The van der Waals surface area contributed by atoms with Gasteiger partial charge < -0.3 is 19.8 Å². The van der Waals surface area contributed by atoms with Crippen molar-refractivity contribution in [3.63, 3.8) is 0 Å². The number of aliphatic imine (C=N–C) groups is 1. The molecule has 3 N–H and O–H groups in total. The Morgan fingerprint density at radius 2 is 2.07 bits per heavy atom. The second-order valence-corrected chi connectivity index (χ2v) is 9.80. The second kappa shape index (κ2) is 12.1. The van der Waals surface area contributed by atoms with E-state index in [4.69, 9.17) is 9.15 Å². The van der Waals surface area contributed by atoms with Crippen molar-refractivity contribution in [2.24, 2.45) is 4.99 Å². The van der Waals surface area contributed by atoms with Crippen molar-refractivity contribution in [2.45, 2.75) is 58.1 Å². The van der Waals surface area contributed by atoms with E-state index in [0.717, 1.165) is 25.0 Å². The highest BCUT2D eigenvalue weighted by atomic mass is 127. The zero-order valence-electron chi connectivity index (χ0n) is 17.7. The van der Waals surface area contributed by atoms with Crippen molar-refractivity contribution in [1.29, 1.82) is 0 Å². The molecule has 2 heterocycles. The minimum absolute atomic E-state index is 0. The lowest BCUT2D eigenvalue weighted by Gasteiger charge is -2.22. The highest BCUT2D eigenvalue weighted by Gasteiger charge is 2.19. The number of hydrogen-bond donors (Lipinski definition) is 3. The number of nitrogens with one attached hydrogen (secondary N) is 3. The Bertz CT molecular complexity index is 740. The van der Waals surface area contributed by atoms with Crippen LogP contribution in [-0.4, -0.2) is 58.0 Å². The van der Waals surface area contributed by atoms with Gasteiger partial charge in [-0.1, -0.05) is 20.8 Å². The number of rotatable bonds is 8. The van der Waals surface area contributed by atoms with Crippen LogP contribution < -0.4 is 15.4 Å². The molecule has 0 aromatic carbocycles. The van der Waals surface area contributed by atoms with Crippen molar-refractivity contribution >= 4 is 40.0 Å². The van der Waals surface area contributed by atoms with Gasteiger partial charge in [-0.05, 0) is 19.3 Å². The number of hydrogen-bond acceptors (Lipinski definition) is 6. The third kappa shape index (κ3) is 9.62. The first-order valence-corrected chi connectivity index (χ1v) is 11.3. The van der Waals surface area contributed by atoms with Crippen molar-refractivity contribution in [3.8, 4) is 0 Å². The fraction of sp³-hybridized carbons (Fsp3) is 0.778.